The molecule has 0 N–H and O–H groups in total. The summed E-state index contributed by atoms with van der Waals surface area (Å²) >= 11 is 0. The predicted octanol–water partition coefficient (Wildman–Crippen LogP) is 3.50. The van der Waals surface area contributed by atoms with Gasteiger partial charge in [0.05, 0.1) is 5.56 Å². The van der Waals surface area contributed by atoms with Crippen LogP contribution in [0.5, 0.6) is 11.5 Å². The van der Waals surface area contributed by atoms with Crippen molar-refractivity contribution in [3.05, 3.63) is 59.2 Å². The minimum absolute atomic E-state index is 0.0226. The van der Waals surface area contributed by atoms with Gasteiger partial charge < -0.3 is 4.74 Å². The van der Waals surface area contributed by atoms with Crippen LogP contribution in [0, 0.1) is 34.3 Å². The van der Waals surface area contributed by atoms with Crippen LogP contribution in [0.15, 0.2) is 36.4 Å². The van der Waals surface area contributed by atoms with Crippen molar-refractivity contribution in [2.45, 2.75) is 0 Å². The van der Waals surface area contributed by atoms with Gasteiger partial charge in [-0.05, 0) is 30.3 Å². The Kier molecular flexibility index (Phi) is 3.40. The van der Waals surface area contributed by atoms with Gasteiger partial charge in [0.2, 0.25) is 0 Å². The minimum Gasteiger partial charge on any atom is -0.454 e. The zero-order valence-electron chi connectivity index (χ0n) is 9.52. The summed E-state index contributed by atoms with van der Waals surface area (Å²) in [6, 6.07) is 10.7. The molecule has 2 aromatic rings. The fraction of sp³-hybridized carbons (Fsp3) is 0. The van der Waals surface area contributed by atoms with E-state index in [0.29, 0.717) is 0 Å². The molecule has 0 bridgehead atoms. The van der Waals surface area contributed by atoms with Gasteiger partial charge in [-0.2, -0.15) is 10.5 Å². The molecule has 0 atom stereocenters. The van der Waals surface area contributed by atoms with Gasteiger partial charge in [-0.25, -0.2) is 8.78 Å². The van der Waals surface area contributed by atoms with Crippen LogP contribution in [0.1, 0.15) is 11.1 Å². The highest BCUT2D eigenvalue weighted by Crippen LogP contribution is 2.29. The molecular weight excluding hydrogens is 250 g/mol. The highest BCUT2D eigenvalue weighted by atomic mass is 19.1. The van der Waals surface area contributed by atoms with Crippen LogP contribution in [0.3, 0.4) is 0 Å². The SMILES string of the molecule is N#Cc1cc(F)ccc1Oc1cccc(F)c1C#N. The Morgan fingerprint density at radius 1 is 0.947 bits per heavy atom. The number of hydrogen-bond donors (Lipinski definition) is 0. The van der Waals surface area contributed by atoms with Gasteiger partial charge in [0.1, 0.15) is 40.8 Å². The number of halogens is 2. The molecule has 0 spiro atoms. The Bertz CT molecular complexity index is 714. The summed E-state index contributed by atoms with van der Waals surface area (Å²) in [5.74, 6) is -1.26. The Morgan fingerprint density at radius 3 is 2.42 bits per heavy atom. The average molecular weight is 256 g/mol. The minimum atomic E-state index is -0.722. The summed E-state index contributed by atoms with van der Waals surface area (Å²) in [5, 5.41) is 17.7. The highest BCUT2D eigenvalue weighted by Gasteiger charge is 2.12. The van der Waals surface area contributed by atoms with Crippen molar-refractivity contribution in [3.63, 3.8) is 0 Å². The van der Waals surface area contributed by atoms with Crippen LogP contribution in [0.4, 0.5) is 8.78 Å². The van der Waals surface area contributed by atoms with E-state index in [1.165, 1.54) is 18.2 Å². The number of hydrogen-bond acceptors (Lipinski definition) is 3. The number of rotatable bonds is 2. The van der Waals surface area contributed by atoms with Crippen molar-refractivity contribution >= 4 is 0 Å². The molecular formula is C14H6F2N2O. The van der Waals surface area contributed by atoms with Gasteiger partial charge in [0.15, 0.2) is 0 Å². The van der Waals surface area contributed by atoms with E-state index in [0.717, 1.165) is 18.2 Å². The summed E-state index contributed by atoms with van der Waals surface area (Å²) in [5.41, 5.74) is -0.302. The lowest BCUT2D eigenvalue weighted by atomic mass is 10.2. The van der Waals surface area contributed by atoms with Crippen molar-refractivity contribution in [2.24, 2.45) is 0 Å². The third kappa shape index (κ3) is 2.51. The summed E-state index contributed by atoms with van der Waals surface area (Å²) in [7, 11) is 0. The first-order valence-corrected chi connectivity index (χ1v) is 5.22. The van der Waals surface area contributed by atoms with Crippen molar-refractivity contribution in [1.82, 2.24) is 0 Å². The maximum absolute atomic E-state index is 13.4. The smallest absolute Gasteiger partial charge is 0.148 e. The second kappa shape index (κ2) is 5.16. The van der Waals surface area contributed by atoms with Crippen LogP contribution in [-0.4, -0.2) is 0 Å². The quantitative estimate of drug-likeness (QED) is 0.826. The highest BCUT2D eigenvalue weighted by molar-refractivity contribution is 5.50. The van der Waals surface area contributed by atoms with Gasteiger partial charge in [-0.3, -0.25) is 0 Å². The third-order valence-corrected chi connectivity index (χ3v) is 2.37. The normalized spacial score (nSPS) is 9.47. The summed E-state index contributed by atoms with van der Waals surface area (Å²) in [4.78, 5) is 0. The van der Waals surface area contributed by atoms with Gasteiger partial charge >= 0.3 is 0 Å². The van der Waals surface area contributed by atoms with Crippen LogP contribution in [0.25, 0.3) is 0 Å². The van der Waals surface area contributed by atoms with Gasteiger partial charge in [0, 0.05) is 0 Å². The largest absolute Gasteiger partial charge is 0.454 e. The molecule has 0 unspecified atom stereocenters. The molecule has 0 amide bonds. The molecule has 0 saturated carbocycles. The lowest BCUT2D eigenvalue weighted by Crippen LogP contribution is -1.94. The van der Waals surface area contributed by atoms with Crippen molar-refractivity contribution in [3.8, 4) is 23.6 Å². The summed E-state index contributed by atoms with van der Waals surface area (Å²) in [6.45, 7) is 0. The molecule has 0 fully saturated rings. The van der Waals surface area contributed by atoms with Crippen LogP contribution >= 0.6 is 0 Å². The molecule has 19 heavy (non-hydrogen) atoms. The Balaban J connectivity index is 2.46. The lowest BCUT2D eigenvalue weighted by Gasteiger charge is -2.09. The molecule has 0 aliphatic rings. The second-order valence-corrected chi connectivity index (χ2v) is 3.58. The fourth-order valence-electron chi connectivity index (χ4n) is 1.49. The van der Waals surface area contributed by atoms with E-state index in [4.69, 9.17) is 15.3 Å². The fourth-order valence-corrected chi connectivity index (χ4v) is 1.49. The molecule has 92 valence electrons. The molecule has 2 aromatic carbocycles. The maximum Gasteiger partial charge on any atom is 0.148 e. The molecule has 0 heterocycles. The first-order valence-electron chi connectivity index (χ1n) is 5.22. The molecule has 0 radical (unpaired) electrons. The standard InChI is InChI=1S/C14H6F2N2O/c15-10-4-5-13(9(6-10)7-17)19-14-3-1-2-12(16)11(14)8-18/h1-6H. The number of ether oxygens (including phenoxy) is 1. The molecule has 3 nitrogen and oxygen atoms in total. The number of benzene rings is 2. The number of nitriles is 2. The van der Waals surface area contributed by atoms with E-state index in [9.17, 15) is 8.78 Å². The van der Waals surface area contributed by atoms with Crippen LogP contribution in [-0.2, 0) is 0 Å². The molecule has 5 heteroatoms. The van der Waals surface area contributed by atoms with Crippen LogP contribution in [0.2, 0.25) is 0 Å². The second-order valence-electron chi connectivity index (χ2n) is 3.58. The molecule has 2 rings (SSSR count). The predicted molar refractivity (Wildman–Crippen MR) is 62.3 cm³/mol. The van der Waals surface area contributed by atoms with Crippen molar-refractivity contribution in [1.29, 1.82) is 10.5 Å². The topological polar surface area (TPSA) is 56.8 Å². The van der Waals surface area contributed by atoms with E-state index in [2.05, 4.69) is 0 Å². The Labute approximate surface area is 107 Å². The van der Waals surface area contributed by atoms with Gasteiger partial charge in [-0.15, -0.1) is 0 Å². The summed E-state index contributed by atoms with van der Waals surface area (Å²) < 4.78 is 31.6. The van der Waals surface area contributed by atoms with E-state index in [1.54, 1.807) is 12.1 Å². The van der Waals surface area contributed by atoms with E-state index in [1.807, 2.05) is 0 Å². The number of nitrogens with zero attached hydrogens (tertiary/aromatic N) is 2. The van der Waals surface area contributed by atoms with E-state index in [-0.39, 0.29) is 22.6 Å². The monoisotopic (exact) mass is 256 g/mol. The zero-order chi connectivity index (χ0) is 13.8. The third-order valence-electron chi connectivity index (χ3n) is 2.37. The van der Waals surface area contributed by atoms with E-state index < -0.39 is 11.6 Å². The zero-order valence-corrected chi connectivity index (χ0v) is 9.52. The Hall–Kier alpha value is -2.92. The van der Waals surface area contributed by atoms with Crippen molar-refractivity contribution < 1.29 is 13.5 Å². The molecule has 0 saturated heterocycles. The lowest BCUT2D eigenvalue weighted by molar-refractivity contribution is 0.471. The molecule has 0 aromatic heterocycles. The van der Waals surface area contributed by atoms with E-state index >= 15 is 0 Å². The Morgan fingerprint density at radius 2 is 1.74 bits per heavy atom. The van der Waals surface area contributed by atoms with Crippen LogP contribution < -0.4 is 4.74 Å². The average Bonchev–Trinajstić information content (AvgIpc) is 2.41. The molecule has 0 aliphatic carbocycles. The summed E-state index contributed by atoms with van der Waals surface area (Å²) in [6.07, 6.45) is 0. The van der Waals surface area contributed by atoms with Crippen molar-refractivity contribution in [2.75, 3.05) is 0 Å². The first kappa shape index (κ1) is 12.5. The van der Waals surface area contributed by atoms with Gasteiger partial charge in [0.25, 0.3) is 0 Å². The maximum atomic E-state index is 13.4. The van der Waals surface area contributed by atoms with Gasteiger partial charge in [-0.1, -0.05) is 6.07 Å². The molecule has 0 aliphatic heterocycles. The first-order chi connectivity index (χ1) is 9.15.